The van der Waals surface area contributed by atoms with Crippen molar-refractivity contribution in [1.29, 1.82) is 0 Å². The molecule has 1 fully saturated rings. The van der Waals surface area contributed by atoms with Crippen molar-refractivity contribution in [3.63, 3.8) is 0 Å². The Balaban J connectivity index is 1.49. The fourth-order valence-electron chi connectivity index (χ4n) is 6.21. The van der Waals surface area contributed by atoms with Crippen molar-refractivity contribution in [3.05, 3.63) is 35.4 Å². The Hall–Kier alpha value is -2.10. The molecule has 0 spiro atoms. The molecule has 4 heteroatoms. The lowest BCUT2D eigenvalue weighted by atomic mass is 9.60. The molecule has 0 bridgehead atoms. The summed E-state index contributed by atoms with van der Waals surface area (Å²) in [5.74, 6) is 1.59. The molecule has 4 rings (SSSR count). The monoisotopic (exact) mass is 438 g/mol. The fourth-order valence-corrected chi connectivity index (χ4v) is 6.21. The summed E-state index contributed by atoms with van der Waals surface area (Å²) in [5, 5.41) is 0. The van der Waals surface area contributed by atoms with Gasteiger partial charge in [0.1, 0.15) is 11.9 Å². The van der Waals surface area contributed by atoms with Gasteiger partial charge in [-0.05, 0) is 85.6 Å². The van der Waals surface area contributed by atoms with Crippen molar-refractivity contribution in [1.82, 2.24) is 0 Å². The normalized spacial score (nSPS) is 28.2. The lowest BCUT2D eigenvalue weighted by molar-refractivity contribution is -0.155. The number of carbonyl (C=O) groups excluding carboxylic acids is 2. The van der Waals surface area contributed by atoms with E-state index in [1.54, 1.807) is 0 Å². The first-order valence-electron chi connectivity index (χ1n) is 12.7. The third kappa shape index (κ3) is 4.51. The van der Waals surface area contributed by atoms with E-state index in [-0.39, 0.29) is 23.5 Å². The highest BCUT2D eigenvalue weighted by molar-refractivity contribution is 5.76. The van der Waals surface area contributed by atoms with E-state index >= 15 is 0 Å². The Bertz CT molecular complexity index is 885. The van der Waals surface area contributed by atoms with E-state index in [1.807, 2.05) is 6.07 Å². The fraction of sp³-hybridized carbons (Fsp3) is 0.643. The van der Waals surface area contributed by atoms with Crippen LogP contribution in [0, 0.1) is 17.3 Å². The molecule has 3 aliphatic rings. The molecule has 1 aromatic carbocycles. The highest BCUT2D eigenvalue weighted by Crippen LogP contribution is 2.59. The number of aryl methyl sites for hydroxylation is 1. The van der Waals surface area contributed by atoms with Gasteiger partial charge in [0.2, 0.25) is 0 Å². The van der Waals surface area contributed by atoms with Gasteiger partial charge in [-0.25, -0.2) is 0 Å². The van der Waals surface area contributed by atoms with Gasteiger partial charge in [0.25, 0.3) is 0 Å². The summed E-state index contributed by atoms with van der Waals surface area (Å²) in [6, 6.07) is 6.17. The number of rotatable bonds is 8. The highest BCUT2D eigenvalue weighted by Gasteiger charge is 2.54. The predicted molar refractivity (Wildman–Crippen MR) is 126 cm³/mol. The number of carbonyl (C=O) groups is 2. The minimum Gasteiger partial charge on any atom is -0.462 e. The minimum atomic E-state index is -0.140. The molecule has 3 aliphatic carbocycles. The van der Waals surface area contributed by atoms with Gasteiger partial charge in [0.05, 0.1) is 0 Å². The molecule has 0 radical (unpaired) electrons. The SMILES string of the molecule is CCCCC(=O)Oc1ccc2c(c1)CC[C@@H]1C2=CC[C@]2(C)[C@@H](OC(=O)CCCC)CC[C@@H]12. The maximum atomic E-state index is 12.3. The summed E-state index contributed by atoms with van der Waals surface area (Å²) in [7, 11) is 0. The van der Waals surface area contributed by atoms with Crippen molar-refractivity contribution in [2.75, 3.05) is 0 Å². The Morgan fingerprint density at radius 2 is 1.78 bits per heavy atom. The number of hydrogen-bond donors (Lipinski definition) is 0. The van der Waals surface area contributed by atoms with Crippen molar-refractivity contribution in [2.24, 2.45) is 17.3 Å². The summed E-state index contributed by atoms with van der Waals surface area (Å²) in [6.07, 6.45) is 12.5. The molecular formula is C28H38O4. The molecule has 0 aliphatic heterocycles. The van der Waals surface area contributed by atoms with Crippen LogP contribution in [0.3, 0.4) is 0 Å². The zero-order valence-electron chi connectivity index (χ0n) is 20.0. The number of allylic oxidation sites excluding steroid dienone is 2. The largest absolute Gasteiger partial charge is 0.462 e. The number of benzene rings is 1. The zero-order chi connectivity index (χ0) is 22.7. The molecular weight excluding hydrogens is 400 g/mol. The third-order valence-corrected chi connectivity index (χ3v) is 8.06. The smallest absolute Gasteiger partial charge is 0.311 e. The van der Waals surface area contributed by atoms with Crippen molar-refractivity contribution in [3.8, 4) is 5.75 Å². The van der Waals surface area contributed by atoms with Gasteiger partial charge in [0.15, 0.2) is 0 Å². The number of esters is 2. The number of hydrogen-bond acceptors (Lipinski definition) is 4. The standard InChI is InChI=1S/C28H38O4/c1-4-6-8-26(29)31-20-11-13-21-19(18-20)10-12-23-22(21)16-17-28(3)24(23)14-15-25(28)32-27(30)9-7-5-2/h11,13,16,18,23-25H,4-10,12,14-15,17H2,1-3H3/t23-,24+,25+,28+/m1/s1. The van der Waals surface area contributed by atoms with Crippen LogP contribution in [-0.4, -0.2) is 18.0 Å². The van der Waals surface area contributed by atoms with Crippen molar-refractivity contribution < 1.29 is 19.1 Å². The second kappa shape index (κ2) is 9.80. The summed E-state index contributed by atoms with van der Waals surface area (Å²) < 4.78 is 11.6. The van der Waals surface area contributed by atoms with Crippen LogP contribution >= 0.6 is 0 Å². The van der Waals surface area contributed by atoms with E-state index in [0.29, 0.717) is 30.4 Å². The zero-order valence-corrected chi connectivity index (χ0v) is 20.0. The molecule has 1 aromatic rings. The average Bonchev–Trinajstić information content (AvgIpc) is 3.12. The molecule has 0 heterocycles. The summed E-state index contributed by atoms with van der Waals surface area (Å²) in [5.41, 5.74) is 4.11. The first-order chi connectivity index (χ1) is 15.5. The molecule has 32 heavy (non-hydrogen) atoms. The van der Waals surface area contributed by atoms with Gasteiger partial charge >= 0.3 is 11.9 Å². The van der Waals surface area contributed by atoms with Crippen LogP contribution in [0.5, 0.6) is 5.75 Å². The molecule has 174 valence electrons. The lowest BCUT2D eigenvalue weighted by Gasteiger charge is -2.46. The van der Waals surface area contributed by atoms with Gasteiger partial charge in [-0.1, -0.05) is 45.8 Å². The van der Waals surface area contributed by atoms with E-state index < -0.39 is 0 Å². The Kier molecular flexibility index (Phi) is 7.07. The van der Waals surface area contributed by atoms with E-state index in [2.05, 4.69) is 39.0 Å². The van der Waals surface area contributed by atoms with Gasteiger partial charge in [0, 0.05) is 18.3 Å². The van der Waals surface area contributed by atoms with Crippen molar-refractivity contribution >= 4 is 17.5 Å². The van der Waals surface area contributed by atoms with Crippen molar-refractivity contribution in [2.45, 2.75) is 97.5 Å². The minimum absolute atomic E-state index is 0.0245. The Morgan fingerprint density at radius 3 is 2.53 bits per heavy atom. The average molecular weight is 439 g/mol. The van der Waals surface area contributed by atoms with Gasteiger partial charge in [-0.15, -0.1) is 0 Å². The molecule has 0 unspecified atom stereocenters. The van der Waals surface area contributed by atoms with E-state index in [0.717, 1.165) is 57.8 Å². The highest BCUT2D eigenvalue weighted by atomic mass is 16.5. The van der Waals surface area contributed by atoms with Gasteiger partial charge in [-0.2, -0.15) is 0 Å². The second-order valence-corrected chi connectivity index (χ2v) is 10.2. The van der Waals surface area contributed by atoms with Crippen LogP contribution in [0.2, 0.25) is 0 Å². The number of fused-ring (bicyclic) bond motifs is 5. The molecule has 4 nitrogen and oxygen atoms in total. The lowest BCUT2D eigenvalue weighted by Crippen LogP contribution is -2.41. The maximum absolute atomic E-state index is 12.3. The van der Waals surface area contributed by atoms with E-state index in [1.165, 1.54) is 16.7 Å². The molecule has 1 saturated carbocycles. The van der Waals surface area contributed by atoms with Gasteiger partial charge < -0.3 is 9.47 Å². The summed E-state index contributed by atoms with van der Waals surface area (Å²) in [4.78, 5) is 24.3. The van der Waals surface area contributed by atoms with Crippen LogP contribution in [0.4, 0.5) is 0 Å². The molecule has 0 aromatic heterocycles. The number of unbranched alkanes of at least 4 members (excludes halogenated alkanes) is 2. The predicted octanol–water partition coefficient (Wildman–Crippen LogP) is 6.65. The quantitative estimate of drug-likeness (QED) is 0.337. The van der Waals surface area contributed by atoms with Crippen LogP contribution in [0.1, 0.15) is 96.1 Å². The first kappa shape index (κ1) is 23.1. The topological polar surface area (TPSA) is 52.6 Å². The molecule has 0 amide bonds. The first-order valence-corrected chi connectivity index (χ1v) is 12.7. The Labute approximate surface area is 192 Å². The van der Waals surface area contributed by atoms with E-state index in [9.17, 15) is 9.59 Å². The maximum Gasteiger partial charge on any atom is 0.311 e. The third-order valence-electron chi connectivity index (χ3n) is 8.06. The summed E-state index contributed by atoms with van der Waals surface area (Å²) >= 11 is 0. The molecule has 0 N–H and O–H groups in total. The van der Waals surface area contributed by atoms with Crippen LogP contribution in [0.25, 0.3) is 5.57 Å². The van der Waals surface area contributed by atoms with Crippen LogP contribution in [-0.2, 0) is 20.7 Å². The second-order valence-electron chi connectivity index (χ2n) is 10.2. The van der Waals surface area contributed by atoms with Crippen LogP contribution in [0.15, 0.2) is 24.3 Å². The summed E-state index contributed by atoms with van der Waals surface area (Å²) in [6.45, 7) is 6.52. The molecule has 0 saturated heterocycles. The van der Waals surface area contributed by atoms with E-state index in [4.69, 9.17) is 9.47 Å². The Morgan fingerprint density at radius 1 is 1.03 bits per heavy atom. The van der Waals surface area contributed by atoms with Gasteiger partial charge in [-0.3, -0.25) is 9.59 Å². The van der Waals surface area contributed by atoms with Crippen LogP contribution < -0.4 is 4.74 Å². The number of ether oxygens (including phenoxy) is 2. The molecule has 4 atom stereocenters.